The van der Waals surface area contributed by atoms with E-state index in [0.29, 0.717) is 0 Å². The Balaban J connectivity index is 2.53. The van der Waals surface area contributed by atoms with Crippen LogP contribution in [0.15, 0.2) is 41.8 Å². The van der Waals surface area contributed by atoms with Crippen molar-refractivity contribution in [2.45, 2.75) is 4.90 Å². The molecule has 0 saturated heterocycles. The first-order valence-electron chi connectivity index (χ1n) is 4.13. The van der Waals surface area contributed by atoms with Crippen LogP contribution in [0.4, 0.5) is 0 Å². The van der Waals surface area contributed by atoms with Crippen molar-refractivity contribution in [2.24, 2.45) is 0 Å². The average molecular weight is 225 g/mol. The second-order valence-electron chi connectivity index (χ2n) is 2.79. The molecule has 0 aliphatic carbocycles. The van der Waals surface area contributed by atoms with E-state index in [9.17, 15) is 0 Å². The molecule has 14 heavy (non-hydrogen) atoms. The van der Waals surface area contributed by atoms with E-state index in [2.05, 4.69) is 4.98 Å². The van der Waals surface area contributed by atoms with Gasteiger partial charge in [0.1, 0.15) is 0 Å². The molecule has 1 aromatic heterocycles. The standard InChI is InChI=1S/C10H9ClN2S/c1-14-10-6-8(11)2-3-9(10)13-5-4-12-7-13/h2-7H,1H3. The maximum absolute atomic E-state index is 5.92. The second-order valence-corrected chi connectivity index (χ2v) is 4.07. The first kappa shape index (κ1) is 9.62. The van der Waals surface area contributed by atoms with Crippen molar-refractivity contribution < 1.29 is 0 Å². The molecule has 0 unspecified atom stereocenters. The number of thioether (sulfide) groups is 1. The molecular formula is C10H9ClN2S. The highest BCUT2D eigenvalue weighted by Gasteiger charge is 2.03. The molecule has 1 heterocycles. The van der Waals surface area contributed by atoms with Gasteiger partial charge in [-0.25, -0.2) is 4.98 Å². The number of rotatable bonds is 2. The van der Waals surface area contributed by atoms with Crippen molar-refractivity contribution in [1.29, 1.82) is 0 Å². The third-order valence-electron chi connectivity index (χ3n) is 1.92. The van der Waals surface area contributed by atoms with Gasteiger partial charge in [-0.05, 0) is 24.5 Å². The van der Waals surface area contributed by atoms with Gasteiger partial charge in [0.05, 0.1) is 12.0 Å². The molecule has 1 aromatic carbocycles. The normalized spacial score (nSPS) is 10.4. The molecule has 0 N–H and O–H groups in total. The molecule has 0 atom stereocenters. The van der Waals surface area contributed by atoms with Crippen LogP contribution in [0.1, 0.15) is 0 Å². The minimum Gasteiger partial charge on any atom is -0.305 e. The molecule has 4 heteroatoms. The van der Waals surface area contributed by atoms with Crippen LogP contribution in [0.3, 0.4) is 0 Å². The number of halogens is 1. The van der Waals surface area contributed by atoms with E-state index in [-0.39, 0.29) is 0 Å². The summed E-state index contributed by atoms with van der Waals surface area (Å²) in [6.07, 6.45) is 7.50. The Morgan fingerprint density at radius 2 is 2.29 bits per heavy atom. The number of aromatic nitrogens is 2. The lowest BCUT2D eigenvalue weighted by Gasteiger charge is -2.07. The van der Waals surface area contributed by atoms with Gasteiger partial charge in [0.25, 0.3) is 0 Å². The number of nitrogens with zero attached hydrogens (tertiary/aromatic N) is 2. The van der Waals surface area contributed by atoms with Crippen LogP contribution in [0, 0.1) is 0 Å². The predicted molar refractivity (Wildman–Crippen MR) is 60.4 cm³/mol. The fourth-order valence-corrected chi connectivity index (χ4v) is 2.13. The maximum atomic E-state index is 5.92. The summed E-state index contributed by atoms with van der Waals surface area (Å²) in [6, 6.07) is 5.84. The van der Waals surface area contributed by atoms with Crippen LogP contribution in [-0.4, -0.2) is 15.8 Å². The molecule has 0 aliphatic rings. The molecule has 0 aliphatic heterocycles. The molecule has 2 nitrogen and oxygen atoms in total. The van der Waals surface area contributed by atoms with E-state index in [0.717, 1.165) is 15.6 Å². The van der Waals surface area contributed by atoms with Gasteiger partial charge >= 0.3 is 0 Å². The van der Waals surface area contributed by atoms with E-state index in [1.807, 2.05) is 35.2 Å². The third kappa shape index (κ3) is 1.79. The van der Waals surface area contributed by atoms with Crippen LogP contribution in [0.2, 0.25) is 5.02 Å². The summed E-state index contributed by atoms with van der Waals surface area (Å²) in [5.74, 6) is 0. The fraction of sp³-hybridized carbons (Fsp3) is 0.100. The van der Waals surface area contributed by atoms with Gasteiger partial charge in [-0.15, -0.1) is 11.8 Å². The van der Waals surface area contributed by atoms with Crippen LogP contribution in [-0.2, 0) is 0 Å². The summed E-state index contributed by atoms with van der Waals surface area (Å²) in [5.41, 5.74) is 1.11. The van der Waals surface area contributed by atoms with E-state index in [1.54, 1.807) is 24.3 Å². The molecule has 0 fully saturated rings. The first-order valence-corrected chi connectivity index (χ1v) is 5.73. The predicted octanol–water partition coefficient (Wildman–Crippen LogP) is 3.25. The lowest BCUT2D eigenvalue weighted by molar-refractivity contribution is 1.02. The molecule has 2 aromatic rings. The van der Waals surface area contributed by atoms with Crippen molar-refractivity contribution in [3.05, 3.63) is 41.9 Å². The van der Waals surface area contributed by atoms with Crippen LogP contribution < -0.4 is 0 Å². The minimum absolute atomic E-state index is 0.762. The van der Waals surface area contributed by atoms with Crippen molar-refractivity contribution in [2.75, 3.05) is 6.26 Å². The number of benzene rings is 1. The molecule has 0 saturated carbocycles. The highest BCUT2D eigenvalue weighted by molar-refractivity contribution is 7.98. The molecule has 0 bridgehead atoms. The highest BCUT2D eigenvalue weighted by Crippen LogP contribution is 2.26. The van der Waals surface area contributed by atoms with Gasteiger partial charge in [0.15, 0.2) is 0 Å². The lowest BCUT2D eigenvalue weighted by atomic mass is 10.3. The van der Waals surface area contributed by atoms with E-state index in [1.165, 1.54) is 0 Å². The summed E-state index contributed by atoms with van der Waals surface area (Å²) in [5, 5.41) is 0.762. The zero-order valence-corrected chi connectivity index (χ0v) is 9.22. The van der Waals surface area contributed by atoms with Crippen molar-refractivity contribution in [3.63, 3.8) is 0 Å². The molecule has 2 rings (SSSR count). The van der Waals surface area contributed by atoms with Crippen molar-refractivity contribution in [1.82, 2.24) is 9.55 Å². The maximum Gasteiger partial charge on any atom is 0.0992 e. The summed E-state index contributed by atoms with van der Waals surface area (Å²) in [4.78, 5) is 5.17. The molecule has 0 amide bonds. The molecule has 0 radical (unpaired) electrons. The van der Waals surface area contributed by atoms with Gasteiger partial charge in [-0.3, -0.25) is 0 Å². The Bertz CT molecular complexity index is 426. The summed E-state index contributed by atoms with van der Waals surface area (Å²) < 4.78 is 1.97. The summed E-state index contributed by atoms with van der Waals surface area (Å²) in [7, 11) is 0. The molecular weight excluding hydrogens is 216 g/mol. The zero-order valence-electron chi connectivity index (χ0n) is 7.64. The Morgan fingerprint density at radius 1 is 1.43 bits per heavy atom. The van der Waals surface area contributed by atoms with Gasteiger partial charge in [-0.1, -0.05) is 11.6 Å². The van der Waals surface area contributed by atoms with Gasteiger partial charge < -0.3 is 4.57 Å². The van der Waals surface area contributed by atoms with E-state index in [4.69, 9.17) is 11.6 Å². The Hall–Kier alpha value is -0.930. The third-order valence-corrected chi connectivity index (χ3v) is 2.93. The number of hydrogen-bond acceptors (Lipinski definition) is 2. The van der Waals surface area contributed by atoms with Gasteiger partial charge in [-0.2, -0.15) is 0 Å². The Kier molecular flexibility index (Phi) is 2.79. The van der Waals surface area contributed by atoms with Crippen LogP contribution in [0.5, 0.6) is 0 Å². The topological polar surface area (TPSA) is 17.8 Å². The van der Waals surface area contributed by atoms with Gasteiger partial charge in [0.2, 0.25) is 0 Å². The SMILES string of the molecule is CSc1cc(Cl)ccc1-n1ccnc1. The highest BCUT2D eigenvalue weighted by atomic mass is 35.5. The Labute approximate surface area is 91.9 Å². The van der Waals surface area contributed by atoms with Crippen LogP contribution >= 0.6 is 23.4 Å². The summed E-state index contributed by atoms with van der Waals surface area (Å²) >= 11 is 7.59. The average Bonchev–Trinajstić information content (AvgIpc) is 2.70. The lowest BCUT2D eigenvalue weighted by Crippen LogP contribution is -1.92. The van der Waals surface area contributed by atoms with E-state index >= 15 is 0 Å². The summed E-state index contributed by atoms with van der Waals surface area (Å²) in [6.45, 7) is 0. The Morgan fingerprint density at radius 3 is 2.93 bits per heavy atom. The largest absolute Gasteiger partial charge is 0.305 e. The van der Waals surface area contributed by atoms with E-state index < -0.39 is 0 Å². The van der Waals surface area contributed by atoms with Gasteiger partial charge in [0, 0.05) is 22.3 Å². The van der Waals surface area contributed by atoms with Crippen molar-refractivity contribution in [3.8, 4) is 5.69 Å². The smallest absolute Gasteiger partial charge is 0.0992 e. The zero-order chi connectivity index (χ0) is 9.97. The number of hydrogen-bond donors (Lipinski definition) is 0. The van der Waals surface area contributed by atoms with Crippen LogP contribution in [0.25, 0.3) is 5.69 Å². The first-order chi connectivity index (χ1) is 6.81. The molecule has 0 spiro atoms. The monoisotopic (exact) mass is 224 g/mol. The second kappa shape index (κ2) is 4.07. The number of imidazole rings is 1. The van der Waals surface area contributed by atoms with Crippen molar-refractivity contribution >= 4 is 23.4 Å². The fourth-order valence-electron chi connectivity index (χ4n) is 1.27. The quantitative estimate of drug-likeness (QED) is 0.729. The molecule has 72 valence electrons. The minimum atomic E-state index is 0.762.